The number of nitrogens with zero attached hydrogens (tertiary/aromatic N) is 1. The minimum atomic E-state index is -0.216. The molecule has 0 bridgehead atoms. The Bertz CT molecular complexity index is 744. The second-order valence-electron chi connectivity index (χ2n) is 10.7. The molecule has 198 valence electrons. The molecular formula is C28H48N4O3. The number of hydrogen-bond donors (Lipinski definition) is 3. The van der Waals surface area contributed by atoms with Crippen molar-refractivity contribution in [1.82, 2.24) is 20.9 Å². The molecule has 0 spiro atoms. The average Bonchev–Trinajstić information content (AvgIpc) is 2.85. The highest BCUT2D eigenvalue weighted by atomic mass is 16.5. The molecule has 0 aliphatic carbocycles. The normalized spacial score (nSPS) is 17.0. The van der Waals surface area contributed by atoms with E-state index in [1.54, 1.807) is 0 Å². The average molecular weight is 489 g/mol. The highest BCUT2D eigenvalue weighted by molar-refractivity contribution is 5.83. The Balaban J connectivity index is 2.15. The van der Waals surface area contributed by atoms with Crippen molar-refractivity contribution in [3.8, 4) is 0 Å². The van der Waals surface area contributed by atoms with Crippen LogP contribution in [0.15, 0.2) is 30.3 Å². The summed E-state index contributed by atoms with van der Waals surface area (Å²) in [4.78, 5) is 29.1. The molecule has 2 amide bonds. The standard InChI is InChI=1S/C28H48N4O3/c1-6-25(24(14-10-11-15-29-5)27(34)32-16-18-35-19-17-32)31-26(33)23(21-30-28(2,3)4)20-22-12-8-7-9-13-22/h7-9,12-13,23-25,29-30H,6,10-11,14-21H2,1-5H3,(H,31,33)/t23?,24?,25-/m1/s1. The third kappa shape index (κ3) is 10.7. The molecule has 35 heavy (non-hydrogen) atoms. The number of morpholine rings is 1. The van der Waals surface area contributed by atoms with Crippen molar-refractivity contribution < 1.29 is 14.3 Å². The number of amides is 2. The molecule has 7 heteroatoms. The summed E-state index contributed by atoms with van der Waals surface area (Å²) in [7, 11) is 1.95. The van der Waals surface area contributed by atoms with Crippen molar-refractivity contribution in [1.29, 1.82) is 0 Å². The van der Waals surface area contributed by atoms with Gasteiger partial charge in [0.15, 0.2) is 0 Å². The highest BCUT2D eigenvalue weighted by Crippen LogP contribution is 2.21. The van der Waals surface area contributed by atoms with E-state index in [1.807, 2.05) is 30.1 Å². The van der Waals surface area contributed by atoms with Gasteiger partial charge in [-0.3, -0.25) is 9.59 Å². The molecule has 2 unspecified atom stereocenters. The van der Waals surface area contributed by atoms with E-state index >= 15 is 0 Å². The van der Waals surface area contributed by atoms with Gasteiger partial charge in [0, 0.05) is 31.2 Å². The lowest BCUT2D eigenvalue weighted by Gasteiger charge is -2.35. The number of rotatable bonds is 14. The molecule has 3 N–H and O–H groups in total. The number of benzene rings is 1. The van der Waals surface area contributed by atoms with Gasteiger partial charge >= 0.3 is 0 Å². The fourth-order valence-electron chi connectivity index (χ4n) is 4.55. The van der Waals surface area contributed by atoms with Crippen LogP contribution in [-0.4, -0.2) is 74.7 Å². The zero-order valence-electron chi connectivity index (χ0n) is 22.6. The van der Waals surface area contributed by atoms with Crippen LogP contribution in [0.1, 0.15) is 58.9 Å². The number of ether oxygens (including phenoxy) is 1. The Hall–Kier alpha value is -1.96. The highest BCUT2D eigenvalue weighted by Gasteiger charge is 2.33. The van der Waals surface area contributed by atoms with Crippen LogP contribution in [0.3, 0.4) is 0 Å². The van der Waals surface area contributed by atoms with Crippen LogP contribution >= 0.6 is 0 Å². The summed E-state index contributed by atoms with van der Waals surface area (Å²) in [6.45, 7) is 12.3. The summed E-state index contributed by atoms with van der Waals surface area (Å²) in [5.41, 5.74) is 1.06. The predicted octanol–water partition coefficient (Wildman–Crippen LogP) is 2.99. The maximum Gasteiger partial charge on any atom is 0.227 e. The van der Waals surface area contributed by atoms with E-state index in [0.717, 1.165) is 37.8 Å². The molecular weight excluding hydrogens is 440 g/mol. The lowest BCUT2D eigenvalue weighted by molar-refractivity contribution is -0.141. The maximum absolute atomic E-state index is 13.6. The first-order valence-corrected chi connectivity index (χ1v) is 13.4. The van der Waals surface area contributed by atoms with Crippen LogP contribution in [0.4, 0.5) is 0 Å². The summed E-state index contributed by atoms with van der Waals surface area (Å²) in [6.07, 6.45) is 4.13. The smallest absolute Gasteiger partial charge is 0.227 e. The number of carbonyl (C=O) groups excluding carboxylic acids is 2. The third-order valence-electron chi connectivity index (χ3n) is 6.66. The van der Waals surface area contributed by atoms with Crippen LogP contribution in [0, 0.1) is 11.8 Å². The Morgan fingerprint density at radius 3 is 2.37 bits per heavy atom. The van der Waals surface area contributed by atoms with Gasteiger partial charge < -0.3 is 25.6 Å². The first kappa shape index (κ1) is 29.3. The van der Waals surface area contributed by atoms with Gasteiger partial charge in [0.1, 0.15) is 0 Å². The third-order valence-corrected chi connectivity index (χ3v) is 6.66. The first-order chi connectivity index (χ1) is 16.7. The number of carbonyl (C=O) groups is 2. The number of unbranched alkanes of at least 4 members (excludes halogenated alkanes) is 1. The van der Waals surface area contributed by atoms with Gasteiger partial charge in [-0.05, 0) is 65.6 Å². The van der Waals surface area contributed by atoms with Crippen molar-refractivity contribution in [2.75, 3.05) is 46.4 Å². The van der Waals surface area contributed by atoms with Crippen LogP contribution in [0.2, 0.25) is 0 Å². The lowest BCUT2D eigenvalue weighted by atomic mass is 9.89. The van der Waals surface area contributed by atoms with Crippen LogP contribution < -0.4 is 16.0 Å². The fraction of sp³-hybridized carbons (Fsp3) is 0.714. The van der Waals surface area contributed by atoms with Crippen molar-refractivity contribution in [2.24, 2.45) is 11.8 Å². The molecule has 2 rings (SSSR count). The second kappa shape index (κ2) is 15.2. The van der Waals surface area contributed by atoms with E-state index < -0.39 is 0 Å². The van der Waals surface area contributed by atoms with E-state index in [2.05, 4.69) is 55.8 Å². The Morgan fingerprint density at radius 2 is 1.77 bits per heavy atom. The van der Waals surface area contributed by atoms with Crippen molar-refractivity contribution in [3.63, 3.8) is 0 Å². The largest absolute Gasteiger partial charge is 0.378 e. The first-order valence-electron chi connectivity index (χ1n) is 13.4. The monoisotopic (exact) mass is 488 g/mol. The summed E-state index contributed by atoms with van der Waals surface area (Å²) in [5, 5.41) is 10.0. The Kier molecular flexibility index (Phi) is 12.7. The van der Waals surface area contributed by atoms with E-state index in [-0.39, 0.29) is 35.2 Å². The van der Waals surface area contributed by atoms with Gasteiger partial charge in [0.05, 0.1) is 25.0 Å². The van der Waals surface area contributed by atoms with E-state index in [1.165, 1.54) is 0 Å². The van der Waals surface area contributed by atoms with Gasteiger partial charge in [0.25, 0.3) is 0 Å². The minimum Gasteiger partial charge on any atom is -0.378 e. The van der Waals surface area contributed by atoms with E-state index in [4.69, 9.17) is 4.74 Å². The Labute approximate surface area is 212 Å². The van der Waals surface area contributed by atoms with Crippen LogP contribution in [0.25, 0.3) is 0 Å². The quantitative estimate of drug-likeness (QED) is 0.351. The maximum atomic E-state index is 13.6. The molecule has 1 aromatic carbocycles. The molecule has 1 saturated heterocycles. The molecule has 3 atom stereocenters. The van der Waals surface area contributed by atoms with Gasteiger partial charge in [-0.2, -0.15) is 0 Å². The fourth-order valence-corrected chi connectivity index (χ4v) is 4.55. The summed E-state index contributed by atoms with van der Waals surface area (Å²) >= 11 is 0. The van der Waals surface area contributed by atoms with Crippen molar-refractivity contribution >= 4 is 11.8 Å². The summed E-state index contributed by atoms with van der Waals surface area (Å²) in [6, 6.07) is 9.98. The number of hydrogen-bond acceptors (Lipinski definition) is 5. The van der Waals surface area contributed by atoms with Gasteiger partial charge in [-0.1, -0.05) is 43.7 Å². The zero-order chi connectivity index (χ0) is 25.7. The summed E-state index contributed by atoms with van der Waals surface area (Å²) < 4.78 is 5.46. The molecule has 7 nitrogen and oxygen atoms in total. The molecule has 1 aromatic rings. The molecule has 1 heterocycles. The predicted molar refractivity (Wildman–Crippen MR) is 142 cm³/mol. The topological polar surface area (TPSA) is 82.7 Å². The van der Waals surface area contributed by atoms with Gasteiger partial charge in [0.2, 0.25) is 11.8 Å². The second-order valence-corrected chi connectivity index (χ2v) is 10.7. The van der Waals surface area contributed by atoms with E-state index in [9.17, 15) is 9.59 Å². The van der Waals surface area contributed by atoms with Crippen LogP contribution in [-0.2, 0) is 20.7 Å². The van der Waals surface area contributed by atoms with E-state index in [0.29, 0.717) is 39.3 Å². The molecule has 0 aromatic heterocycles. The molecule has 1 fully saturated rings. The zero-order valence-corrected chi connectivity index (χ0v) is 22.6. The minimum absolute atomic E-state index is 0.0208. The summed E-state index contributed by atoms with van der Waals surface area (Å²) in [5.74, 6) is -0.259. The molecule has 0 radical (unpaired) electrons. The molecule has 1 aliphatic rings. The van der Waals surface area contributed by atoms with Crippen molar-refractivity contribution in [3.05, 3.63) is 35.9 Å². The molecule has 0 saturated carbocycles. The molecule has 1 aliphatic heterocycles. The Morgan fingerprint density at radius 1 is 1.09 bits per heavy atom. The van der Waals surface area contributed by atoms with Crippen molar-refractivity contribution in [2.45, 2.75) is 71.4 Å². The lowest BCUT2D eigenvalue weighted by Crippen LogP contribution is -2.53. The number of nitrogens with one attached hydrogen (secondary N) is 3. The van der Waals surface area contributed by atoms with Gasteiger partial charge in [-0.25, -0.2) is 0 Å². The SMILES string of the molecule is CC[C@@H](NC(=O)C(CNC(C)(C)C)Cc1ccccc1)C(CCCCNC)C(=O)N1CCOCC1. The van der Waals surface area contributed by atoms with Crippen LogP contribution in [0.5, 0.6) is 0 Å². The van der Waals surface area contributed by atoms with Gasteiger partial charge in [-0.15, -0.1) is 0 Å².